The molecule has 0 N–H and O–H groups in total. The summed E-state index contributed by atoms with van der Waals surface area (Å²) in [4.78, 5) is 4.23. The Hall–Kier alpha value is -0.730. The van der Waals surface area contributed by atoms with Gasteiger partial charge in [0.05, 0.1) is 15.7 Å². The number of halogens is 2. The number of aromatic nitrogens is 2. The molecule has 0 unspecified atom stereocenters. The molecular weight excluding hydrogens is 195 g/mol. The second kappa shape index (κ2) is 2.64. The van der Waals surface area contributed by atoms with Gasteiger partial charge in [-0.1, -0.05) is 23.2 Å². The van der Waals surface area contributed by atoms with E-state index in [1.807, 2.05) is 17.5 Å². The minimum Gasteiger partial charge on any atom is -0.305 e. The Balaban J connectivity index is 2.83. The van der Waals surface area contributed by atoms with Crippen LogP contribution in [0.1, 0.15) is 5.69 Å². The summed E-state index contributed by atoms with van der Waals surface area (Å²) in [5.41, 5.74) is 1.77. The highest BCUT2D eigenvalue weighted by molar-refractivity contribution is 6.42. The summed E-state index contributed by atoms with van der Waals surface area (Å²) in [7, 11) is 0. The second-order valence-electron chi connectivity index (χ2n) is 2.62. The van der Waals surface area contributed by atoms with Gasteiger partial charge < -0.3 is 4.40 Å². The summed E-state index contributed by atoms with van der Waals surface area (Å²) in [5, 5.41) is 1.08. The largest absolute Gasteiger partial charge is 0.305 e. The van der Waals surface area contributed by atoms with Gasteiger partial charge in [-0.2, -0.15) is 0 Å². The monoisotopic (exact) mass is 200 g/mol. The summed E-state index contributed by atoms with van der Waals surface area (Å²) in [6.07, 6.45) is 3.65. The number of hydrogen-bond donors (Lipinski definition) is 0. The van der Waals surface area contributed by atoms with Gasteiger partial charge in [0.1, 0.15) is 5.65 Å². The molecule has 2 aromatic rings. The highest BCUT2D eigenvalue weighted by Gasteiger charge is 2.02. The van der Waals surface area contributed by atoms with E-state index in [4.69, 9.17) is 23.2 Å². The predicted molar refractivity (Wildman–Crippen MR) is 49.9 cm³/mol. The molecule has 0 bridgehead atoms. The van der Waals surface area contributed by atoms with Crippen LogP contribution in [0.3, 0.4) is 0 Å². The second-order valence-corrected chi connectivity index (χ2v) is 3.43. The number of nitrogens with zero attached hydrogens (tertiary/aromatic N) is 2. The van der Waals surface area contributed by atoms with Gasteiger partial charge in [-0.15, -0.1) is 0 Å². The zero-order chi connectivity index (χ0) is 8.72. The molecule has 0 spiro atoms. The smallest absolute Gasteiger partial charge is 0.138 e. The lowest BCUT2D eigenvalue weighted by molar-refractivity contribution is 1.18. The molecule has 0 aliphatic carbocycles. The number of hydrogen-bond acceptors (Lipinski definition) is 1. The maximum atomic E-state index is 5.82. The first-order valence-electron chi connectivity index (χ1n) is 3.47. The standard InChI is InChI=1S/C8H6Cl2N2/c1-5-3-12-4-7(10)6(9)2-8(12)11-5/h2-4H,1H3. The van der Waals surface area contributed by atoms with Crippen LogP contribution in [0.25, 0.3) is 5.65 Å². The third-order valence-electron chi connectivity index (χ3n) is 1.62. The lowest BCUT2D eigenvalue weighted by Crippen LogP contribution is -1.82. The van der Waals surface area contributed by atoms with Crippen LogP contribution in [0.2, 0.25) is 10.0 Å². The van der Waals surface area contributed by atoms with Crippen molar-refractivity contribution in [3.63, 3.8) is 0 Å². The van der Waals surface area contributed by atoms with Crippen molar-refractivity contribution < 1.29 is 0 Å². The van der Waals surface area contributed by atoms with Crippen molar-refractivity contribution in [3.05, 3.63) is 34.2 Å². The molecule has 0 aromatic carbocycles. The van der Waals surface area contributed by atoms with Gasteiger partial charge in [0, 0.05) is 18.5 Å². The zero-order valence-electron chi connectivity index (χ0n) is 6.38. The molecule has 0 aliphatic rings. The van der Waals surface area contributed by atoms with Crippen molar-refractivity contribution in [1.29, 1.82) is 0 Å². The van der Waals surface area contributed by atoms with Crippen LogP contribution in [-0.4, -0.2) is 9.38 Å². The van der Waals surface area contributed by atoms with Gasteiger partial charge in [0.25, 0.3) is 0 Å². The van der Waals surface area contributed by atoms with Crippen LogP contribution >= 0.6 is 23.2 Å². The van der Waals surface area contributed by atoms with E-state index in [0.29, 0.717) is 10.0 Å². The quantitative estimate of drug-likeness (QED) is 0.640. The lowest BCUT2D eigenvalue weighted by Gasteiger charge is -1.95. The van der Waals surface area contributed by atoms with Crippen LogP contribution in [0.4, 0.5) is 0 Å². The molecule has 0 fully saturated rings. The molecule has 0 atom stereocenters. The maximum Gasteiger partial charge on any atom is 0.138 e. The number of fused-ring (bicyclic) bond motifs is 1. The number of imidazole rings is 1. The van der Waals surface area contributed by atoms with Gasteiger partial charge >= 0.3 is 0 Å². The Labute approximate surface area is 79.7 Å². The van der Waals surface area contributed by atoms with Crippen LogP contribution < -0.4 is 0 Å². The Bertz CT molecular complexity index is 395. The fourth-order valence-electron chi connectivity index (χ4n) is 1.11. The molecule has 2 aromatic heterocycles. The molecule has 2 rings (SSSR count). The summed E-state index contributed by atoms with van der Waals surface area (Å²) >= 11 is 11.6. The van der Waals surface area contributed by atoms with Crippen LogP contribution in [0, 0.1) is 6.92 Å². The average Bonchev–Trinajstić information content (AvgIpc) is 2.30. The summed E-state index contributed by atoms with van der Waals surface area (Å²) in [6, 6.07) is 1.75. The topological polar surface area (TPSA) is 17.3 Å². The Morgan fingerprint density at radius 2 is 2.00 bits per heavy atom. The molecule has 0 saturated carbocycles. The minimum atomic E-state index is 0.537. The normalized spacial score (nSPS) is 10.9. The highest BCUT2D eigenvalue weighted by atomic mass is 35.5. The van der Waals surface area contributed by atoms with Crippen molar-refractivity contribution in [2.75, 3.05) is 0 Å². The molecule has 2 nitrogen and oxygen atoms in total. The van der Waals surface area contributed by atoms with Crippen LogP contribution in [-0.2, 0) is 0 Å². The molecule has 4 heteroatoms. The van der Waals surface area contributed by atoms with E-state index in [0.717, 1.165) is 11.3 Å². The molecule has 12 heavy (non-hydrogen) atoms. The van der Waals surface area contributed by atoms with Crippen LogP contribution in [0.5, 0.6) is 0 Å². The highest BCUT2D eigenvalue weighted by Crippen LogP contribution is 2.22. The van der Waals surface area contributed by atoms with Gasteiger partial charge in [0.15, 0.2) is 0 Å². The first-order chi connectivity index (χ1) is 5.66. The maximum absolute atomic E-state index is 5.82. The number of pyridine rings is 1. The van der Waals surface area contributed by atoms with Gasteiger partial charge in [-0.25, -0.2) is 4.98 Å². The fraction of sp³-hybridized carbons (Fsp3) is 0.125. The first kappa shape index (κ1) is 7.90. The average molecular weight is 201 g/mol. The van der Waals surface area contributed by atoms with Crippen molar-refractivity contribution in [1.82, 2.24) is 9.38 Å². The third-order valence-corrected chi connectivity index (χ3v) is 2.33. The predicted octanol–water partition coefficient (Wildman–Crippen LogP) is 2.95. The molecule has 0 radical (unpaired) electrons. The van der Waals surface area contributed by atoms with E-state index in [9.17, 15) is 0 Å². The summed E-state index contributed by atoms with van der Waals surface area (Å²) < 4.78 is 1.85. The number of aryl methyl sites for hydroxylation is 1. The minimum absolute atomic E-state index is 0.537. The van der Waals surface area contributed by atoms with Crippen LogP contribution in [0.15, 0.2) is 18.5 Å². The Morgan fingerprint density at radius 1 is 1.25 bits per heavy atom. The van der Waals surface area contributed by atoms with E-state index in [2.05, 4.69) is 4.98 Å². The van der Waals surface area contributed by atoms with Crippen molar-refractivity contribution in [2.24, 2.45) is 0 Å². The van der Waals surface area contributed by atoms with Gasteiger partial charge in [0.2, 0.25) is 0 Å². The fourth-order valence-corrected chi connectivity index (χ4v) is 1.42. The van der Waals surface area contributed by atoms with E-state index in [1.54, 1.807) is 12.3 Å². The van der Waals surface area contributed by atoms with Gasteiger partial charge in [-0.3, -0.25) is 0 Å². The van der Waals surface area contributed by atoms with E-state index in [1.165, 1.54) is 0 Å². The molecule has 0 saturated heterocycles. The van der Waals surface area contributed by atoms with Crippen molar-refractivity contribution in [2.45, 2.75) is 6.92 Å². The molecule has 62 valence electrons. The van der Waals surface area contributed by atoms with E-state index < -0.39 is 0 Å². The Kier molecular flexibility index (Phi) is 1.74. The lowest BCUT2D eigenvalue weighted by atomic mass is 10.5. The molecular formula is C8H6Cl2N2. The number of rotatable bonds is 0. The summed E-state index contributed by atoms with van der Waals surface area (Å²) in [6.45, 7) is 1.93. The van der Waals surface area contributed by atoms with Crippen molar-refractivity contribution in [3.8, 4) is 0 Å². The Morgan fingerprint density at radius 3 is 2.75 bits per heavy atom. The zero-order valence-corrected chi connectivity index (χ0v) is 7.89. The van der Waals surface area contributed by atoms with E-state index >= 15 is 0 Å². The first-order valence-corrected chi connectivity index (χ1v) is 4.23. The van der Waals surface area contributed by atoms with E-state index in [-0.39, 0.29) is 0 Å². The van der Waals surface area contributed by atoms with Crippen molar-refractivity contribution >= 4 is 28.8 Å². The molecule has 0 amide bonds. The van der Waals surface area contributed by atoms with Gasteiger partial charge in [-0.05, 0) is 6.92 Å². The molecule has 2 heterocycles. The summed E-state index contributed by atoms with van der Waals surface area (Å²) in [5.74, 6) is 0. The SMILES string of the molecule is Cc1cn2cc(Cl)c(Cl)cc2n1. The molecule has 0 aliphatic heterocycles. The third kappa shape index (κ3) is 1.17.